The molecule has 1 heterocycles. The first kappa shape index (κ1) is 15.4. The molecular formula is C14H22ClFN2. The van der Waals surface area contributed by atoms with E-state index in [0.717, 1.165) is 18.7 Å². The highest BCUT2D eigenvalue weighted by Crippen LogP contribution is 2.24. The van der Waals surface area contributed by atoms with E-state index in [9.17, 15) is 4.39 Å². The zero-order chi connectivity index (χ0) is 12.3. The van der Waals surface area contributed by atoms with Gasteiger partial charge in [0.25, 0.3) is 0 Å². The van der Waals surface area contributed by atoms with Crippen LogP contribution in [0, 0.1) is 5.82 Å². The first-order valence-electron chi connectivity index (χ1n) is 6.37. The van der Waals surface area contributed by atoms with Crippen molar-refractivity contribution in [2.75, 3.05) is 20.1 Å². The fourth-order valence-corrected chi connectivity index (χ4v) is 2.57. The Balaban J connectivity index is 0.00000162. The van der Waals surface area contributed by atoms with Gasteiger partial charge in [0.05, 0.1) is 0 Å². The Bertz CT molecular complexity index is 373. The lowest BCUT2D eigenvalue weighted by Gasteiger charge is -2.36. The summed E-state index contributed by atoms with van der Waals surface area (Å²) in [5, 5.41) is 3.34. The Morgan fingerprint density at radius 2 is 2.22 bits per heavy atom. The molecule has 0 aliphatic carbocycles. The minimum absolute atomic E-state index is 0. The molecule has 1 aliphatic rings. The average molecular weight is 273 g/mol. The number of halogens is 2. The molecule has 102 valence electrons. The summed E-state index contributed by atoms with van der Waals surface area (Å²) in [5.41, 5.74) is 1.07. The van der Waals surface area contributed by atoms with Gasteiger partial charge in [-0.2, -0.15) is 0 Å². The number of benzene rings is 1. The van der Waals surface area contributed by atoms with E-state index in [-0.39, 0.29) is 18.2 Å². The molecule has 0 aromatic heterocycles. The smallest absolute Gasteiger partial charge is 0.123 e. The van der Waals surface area contributed by atoms with Gasteiger partial charge in [-0.15, -0.1) is 12.4 Å². The fourth-order valence-electron chi connectivity index (χ4n) is 2.57. The first-order valence-corrected chi connectivity index (χ1v) is 6.37. The normalized spacial score (nSPS) is 22.3. The zero-order valence-corrected chi connectivity index (χ0v) is 11.8. The molecule has 1 fully saturated rings. The summed E-state index contributed by atoms with van der Waals surface area (Å²) in [6.45, 7) is 4.32. The van der Waals surface area contributed by atoms with Crippen LogP contribution >= 0.6 is 12.4 Å². The van der Waals surface area contributed by atoms with Crippen molar-refractivity contribution in [3.63, 3.8) is 0 Å². The van der Waals surface area contributed by atoms with E-state index in [1.165, 1.54) is 18.9 Å². The summed E-state index contributed by atoms with van der Waals surface area (Å²) in [6, 6.07) is 7.81. The minimum atomic E-state index is -0.142. The van der Waals surface area contributed by atoms with Crippen molar-refractivity contribution in [2.24, 2.45) is 0 Å². The molecule has 0 spiro atoms. The molecule has 4 heteroatoms. The molecule has 18 heavy (non-hydrogen) atoms. The summed E-state index contributed by atoms with van der Waals surface area (Å²) in [7, 11) is 2.01. The van der Waals surface area contributed by atoms with Crippen LogP contribution in [0.2, 0.25) is 0 Å². The second-order valence-electron chi connectivity index (χ2n) is 4.85. The number of likely N-dealkylation sites (N-methyl/N-ethyl adjacent to an activating group) is 1. The Morgan fingerprint density at radius 3 is 2.89 bits per heavy atom. The van der Waals surface area contributed by atoms with Gasteiger partial charge < -0.3 is 5.32 Å². The summed E-state index contributed by atoms with van der Waals surface area (Å²) < 4.78 is 13.2. The number of nitrogens with one attached hydrogen (secondary N) is 1. The van der Waals surface area contributed by atoms with Crippen LogP contribution in [0.15, 0.2) is 24.3 Å². The van der Waals surface area contributed by atoms with E-state index < -0.39 is 0 Å². The molecule has 1 aliphatic heterocycles. The number of piperidine rings is 1. The van der Waals surface area contributed by atoms with E-state index in [2.05, 4.69) is 17.1 Å². The third-order valence-electron chi connectivity index (χ3n) is 3.74. The van der Waals surface area contributed by atoms with Gasteiger partial charge >= 0.3 is 0 Å². The second kappa shape index (κ2) is 7.07. The number of hydrogen-bond donors (Lipinski definition) is 1. The summed E-state index contributed by atoms with van der Waals surface area (Å²) in [4.78, 5) is 2.43. The maximum Gasteiger partial charge on any atom is 0.123 e. The lowest BCUT2D eigenvalue weighted by Crippen LogP contribution is -2.45. The van der Waals surface area contributed by atoms with Gasteiger partial charge in [-0.3, -0.25) is 4.90 Å². The maximum absolute atomic E-state index is 13.2. The summed E-state index contributed by atoms with van der Waals surface area (Å²) in [6.07, 6.45) is 2.45. The van der Waals surface area contributed by atoms with E-state index in [4.69, 9.17) is 0 Å². The van der Waals surface area contributed by atoms with Crippen LogP contribution in [0.25, 0.3) is 0 Å². The lowest BCUT2D eigenvalue weighted by molar-refractivity contribution is 0.149. The largest absolute Gasteiger partial charge is 0.316 e. The van der Waals surface area contributed by atoms with Crippen molar-refractivity contribution in [2.45, 2.75) is 31.8 Å². The van der Waals surface area contributed by atoms with Gasteiger partial charge in [-0.1, -0.05) is 12.1 Å². The SMILES string of the molecule is CNC1CCCN(C(C)c2cccc(F)c2)C1.Cl. The van der Waals surface area contributed by atoms with E-state index in [1.54, 1.807) is 12.1 Å². The number of likely N-dealkylation sites (tertiary alicyclic amines) is 1. The van der Waals surface area contributed by atoms with E-state index >= 15 is 0 Å². The molecule has 2 rings (SSSR count). The monoisotopic (exact) mass is 272 g/mol. The van der Waals surface area contributed by atoms with Gasteiger partial charge in [-0.05, 0) is 51.1 Å². The highest BCUT2D eigenvalue weighted by molar-refractivity contribution is 5.85. The van der Waals surface area contributed by atoms with Crippen molar-refractivity contribution in [1.29, 1.82) is 0 Å². The Morgan fingerprint density at radius 1 is 1.44 bits per heavy atom. The molecule has 2 nitrogen and oxygen atoms in total. The maximum atomic E-state index is 13.2. The first-order chi connectivity index (χ1) is 8.20. The molecule has 0 radical (unpaired) electrons. The molecule has 1 N–H and O–H groups in total. The summed E-state index contributed by atoms with van der Waals surface area (Å²) in [5.74, 6) is -0.142. The van der Waals surface area contributed by atoms with Gasteiger partial charge in [0.2, 0.25) is 0 Å². The molecule has 1 aromatic rings. The molecule has 0 amide bonds. The van der Waals surface area contributed by atoms with Gasteiger partial charge in [0.1, 0.15) is 5.82 Å². The fraction of sp³-hybridized carbons (Fsp3) is 0.571. The van der Waals surface area contributed by atoms with Crippen molar-refractivity contribution >= 4 is 12.4 Å². The Hall–Kier alpha value is -0.640. The molecule has 1 aromatic carbocycles. The third kappa shape index (κ3) is 3.67. The zero-order valence-electron chi connectivity index (χ0n) is 11.0. The molecule has 2 atom stereocenters. The molecule has 0 saturated carbocycles. The molecular weight excluding hydrogens is 251 g/mol. The quantitative estimate of drug-likeness (QED) is 0.910. The number of rotatable bonds is 3. The van der Waals surface area contributed by atoms with Crippen LogP contribution < -0.4 is 5.32 Å². The average Bonchev–Trinajstić information content (AvgIpc) is 2.38. The second-order valence-corrected chi connectivity index (χ2v) is 4.85. The van der Waals surface area contributed by atoms with Crippen LogP contribution in [-0.2, 0) is 0 Å². The van der Waals surface area contributed by atoms with E-state index in [0.29, 0.717) is 12.1 Å². The number of hydrogen-bond acceptors (Lipinski definition) is 2. The highest BCUT2D eigenvalue weighted by atomic mass is 35.5. The Labute approximate surface area is 115 Å². The molecule has 0 bridgehead atoms. The Kier molecular flexibility index (Phi) is 6.06. The van der Waals surface area contributed by atoms with Crippen LogP contribution in [0.3, 0.4) is 0 Å². The lowest BCUT2D eigenvalue weighted by atomic mass is 10.0. The van der Waals surface area contributed by atoms with Gasteiger partial charge in [0.15, 0.2) is 0 Å². The van der Waals surface area contributed by atoms with E-state index in [1.807, 2.05) is 13.1 Å². The topological polar surface area (TPSA) is 15.3 Å². The molecule has 2 unspecified atom stereocenters. The standard InChI is InChI=1S/C14H21FN2.ClH/c1-11(12-5-3-6-13(15)9-12)17-8-4-7-14(10-17)16-2;/h3,5-6,9,11,14,16H,4,7-8,10H2,1-2H3;1H. The van der Waals surface area contributed by atoms with Crippen LogP contribution in [0.5, 0.6) is 0 Å². The van der Waals surface area contributed by atoms with Gasteiger partial charge in [0, 0.05) is 18.6 Å². The van der Waals surface area contributed by atoms with Crippen molar-refractivity contribution in [3.8, 4) is 0 Å². The van der Waals surface area contributed by atoms with Crippen molar-refractivity contribution < 1.29 is 4.39 Å². The summed E-state index contributed by atoms with van der Waals surface area (Å²) >= 11 is 0. The van der Waals surface area contributed by atoms with Crippen molar-refractivity contribution in [1.82, 2.24) is 10.2 Å². The van der Waals surface area contributed by atoms with Crippen LogP contribution in [0.4, 0.5) is 4.39 Å². The van der Waals surface area contributed by atoms with Crippen molar-refractivity contribution in [3.05, 3.63) is 35.6 Å². The highest BCUT2D eigenvalue weighted by Gasteiger charge is 2.23. The number of nitrogens with zero attached hydrogens (tertiary/aromatic N) is 1. The predicted molar refractivity (Wildman–Crippen MR) is 75.7 cm³/mol. The van der Waals surface area contributed by atoms with Crippen LogP contribution in [-0.4, -0.2) is 31.1 Å². The van der Waals surface area contributed by atoms with Gasteiger partial charge in [-0.25, -0.2) is 4.39 Å². The van der Waals surface area contributed by atoms with Crippen LogP contribution in [0.1, 0.15) is 31.4 Å². The molecule has 1 saturated heterocycles. The third-order valence-corrected chi connectivity index (χ3v) is 3.74. The predicted octanol–water partition coefficient (Wildman–Crippen LogP) is 2.99. The minimum Gasteiger partial charge on any atom is -0.316 e.